The Morgan fingerprint density at radius 3 is 2.50 bits per heavy atom. The van der Waals surface area contributed by atoms with Crippen molar-refractivity contribution in [2.75, 3.05) is 17.7 Å². The lowest BCUT2D eigenvalue weighted by Crippen LogP contribution is -2.09. The van der Waals surface area contributed by atoms with E-state index in [9.17, 15) is 0 Å². The zero-order chi connectivity index (χ0) is 13.0. The lowest BCUT2D eigenvalue weighted by atomic mass is 10.1. The van der Waals surface area contributed by atoms with Crippen LogP contribution in [0, 0.1) is 6.92 Å². The van der Waals surface area contributed by atoms with Gasteiger partial charge in [0.1, 0.15) is 5.82 Å². The molecule has 2 rings (SSSR count). The average Bonchev–Trinajstić information content (AvgIpc) is 2.39. The smallest absolute Gasteiger partial charge is 0.224 e. The van der Waals surface area contributed by atoms with Crippen LogP contribution in [0.25, 0.3) is 0 Å². The molecular weight excluding hydrogens is 224 g/mol. The molecule has 0 aliphatic carbocycles. The lowest BCUT2D eigenvalue weighted by Gasteiger charge is -2.15. The van der Waals surface area contributed by atoms with Crippen molar-refractivity contribution in [2.24, 2.45) is 0 Å². The second-order valence-electron chi connectivity index (χ2n) is 4.29. The fourth-order valence-corrected chi connectivity index (χ4v) is 1.72. The Morgan fingerprint density at radius 1 is 1.11 bits per heavy atom. The Hall–Kier alpha value is -2.10. The molecule has 0 aliphatic heterocycles. The largest absolute Gasteiger partial charge is 0.363 e. The lowest BCUT2D eigenvalue weighted by molar-refractivity contribution is 0.872. The Labute approximate surface area is 107 Å². The van der Waals surface area contributed by atoms with Gasteiger partial charge in [0.15, 0.2) is 0 Å². The molecule has 4 heteroatoms. The molecule has 1 unspecified atom stereocenters. The highest BCUT2D eigenvalue weighted by Gasteiger charge is 2.06. The first-order chi connectivity index (χ1) is 8.69. The van der Waals surface area contributed by atoms with Gasteiger partial charge in [0.25, 0.3) is 0 Å². The molecule has 2 N–H and O–H groups in total. The van der Waals surface area contributed by atoms with Crippen LogP contribution in [0.2, 0.25) is 0 Å². The summed E-state index contributed by atoms with van der Waals surface area (Å²) in [4.78, 5) is 8.43. The van der Waals surface area contributed by atoms with Crippen LogP contribution >= 0.6 is 0 Å². The number of hydrogen-bond donors (Lipinski definition) is 2. The summed E-state index contributed by atoms with van der Waals surface area (Å²) in [7, 11) is 1.81. The molecule has 4 nitrogen and oxygen atoms in total. The molecule has 2 aromatic rings. The highest BCUT2D eigenvalue weighted by molar-refractivity contribution is 5.41. The Kier molecular flexibility index (Phi) is 3.77. The maximum Gasteiger partial charge on any atom is 0.224 e. The SMILES string of the molecule is CNc1nccc(NC(C)c2ccc(C)cc2)n1. The summed E-state index contributed by atoms with van der Waals surface area (Å²) in [6.07, 6.45) is 1.74. The first kappa shape index (κ1) is 12.4. The summed E-state index contributed by atoms with van der Waals surface area (Å²) in [6, 6.07) is 10.6. The molecule has 0 bridgehead atoms. The van der Waals surface area contributed by atoms with Gasteiger partial charge >= 0.3 is 0 Å². The number of nitrogens with zero attached hydrogens (tertiary/aromatic N) is 2. The van der Waals surface area contributed by atoms with E-state index in [1.807, 2.05) is 13.1 Å². The van der Waals surface area contributed by atoms with Gasteiger partial charge in [-0.3, -0.25) is 0 Å². The third-order valence-corrected chi connectivity index (χ3v) is 2.82. The molecule has 1 aromatic heterocycles. The van der Waals surface area contributed by atoms with E-state index in [-0.39, 0.29) is 6.04 Å². The van der Waals surface area contributed by atoms with E-state index >= 15 is 0 Å². The topological polar surface area (TPSA) is 49.8 Å². The van der Waals surface area contributed by atoms with Crippen molar-refractivity contribution in [1.82, 2.24) is 9.97 Å². The van der Waals surface area contributed by atoms with Crippen molar-refractivity contribution in [3.05, 3.63) is 47.7 Å². The quantitative estimate of drug-likeness (QED) is 0.865. The van der Waals surface area contributed by atoms with Crippen LogP contribution in [0.15, 0.2) is 36.5 Å². The maximum atomic E-state index is 4.34. The molecule has 94 valence electrons. The van der Waals surface area contributed by atoms with Gasteiger partial charge in [0.2, 0.25) is 5.95 Å². The van der Waals surface area contributed by atoms with Gasteiger partial charge in [0.05, 0.1) is 0 Å². The predicted molar refractivity (Wildman–Crippen MR) is 74.8 cm³/mol. The fourth-order valence-electron chi connectivity index (χ4n) is 1.72. The van der Waals surface area contributed by atoms with E-state index in [1.165, 1.54) is 11.1 Å². The first-order valence-corrected chi connectivity index (χ1v) is 6.03. The summed E-state index contributed by atoms with van der Waals surface area (Å²) in [5.41, 5.74) is 2.51. The van der Waals surface area contributed by atoms with Crippen molar-refractivity contribution < 1.29 is 0 Å². The highest BCUT2D eigenvalue weighted by Crippen LogP contribution is 2.18. The van der Waals surface area contributed by atoms with Gasteiger partial charge in [-0.05, 0) is 25.5 Å². The standard InChI is InChI=1S/C14H18N4/c1-10-4-6-12(7-5-10)11(2)17-13-8-9-16-14(15-3)18-13/h4-9,11H,1-3H3,(H2,15,16,17,18). The fraction of sp³-hybridized carbons (Fsp3) is 0.286. The Balaban J connectivity index is 2.10. The van der Waals surface area contributed by atoms with Gasteiger partial charge in [0, 0.05) is 19.3 Å². The van der Waals surface area contributed by atoms with Crippen LogP contribution < -0.4 is 10.6 Å². The summed E-state index contributed by atoms with van der Waals surface area (Å²) >= 11 is 0. The minimum Gasteiger partial charge on any atom is -0.363 e. The summed E-state index contributed by atoms with van der Waals surface area (Å²) < 4.78 is 0. The van der Waals surface area contributed by atoms with Crippen LogP contribution in [0.1, 0.15) is 24.1 Å². The van der Waals surface area contributed by atoms with E-state index in [0.29, 0.717) is 5.95 Å². The third kappa shape index (κ3) is 2.97. The third-order valence-electron chi connectivity index (χ3n) is 2.82. The highest BCUT2D eigenvalue weighted by atomic mass is 15.1. The minimum absolute atomic E-state index is 0.213. The molecule has 0 aliphatic rings. The van der Waals surface area contributed by atoms with Gasteiger partial charge in [-0.25, -0.2) is 4.98 Å². The molecule has 1 aromatic carbocycles. The van der Waals surface area contributed by atoms with Crippen molar-refractivity contribution in [1.29, 1.82) is 0 Å². The summed E-state index contributed by atoms with van der Waals surface area (Å²) in [5.74, 6) is 1.44. The zero-order valence-corrected chi connectivity index (χ0v) is 10.9. The number of benzene rings is 1. The molecule has 0 radical (unpaired) electrons. The van der Waals surface area contributed by atoms with E-state index in [1.54, 1.807) is 6.20 Å². The molecule has 1 heterocycles. The first-order valence-electron chi connectivity index (χ1n) is 6.03. The number of anilines is 2. The summed E-state index contributed by atoms with van der Waals surface area (Å²) in [5, 5.41) is 6.29. The van der Waals surface area contributed by atoms with E-state index in [0.717, 1.165) is 5.82 Å². The maximum absolute atomic E-state index is 4.34. The molecule has 0 amide bonds. The molecular formula is C14H18N4. The molecule has 0 fully saturated rings. The van der Waals surface area contributed by atoms with Crippen molar-refractivity contribution >= 4 is 11.8 Å². The van der Waals surface area contributed by atoms with Crippen LogP contribution in [-0.4, -0.2) is 17.0 Å². The van der Waals surface area contributed by atoms with Crippen LogP contribution in [0.4, 0.5) is 11.8 Å². The van der Waals surface area contributed by atoms with Crippen molar-refractivity contribution in [3.8, 4) is 0 Å². The number of rotatable bonds is 4. The van der Waals surface area contributed by atoms with E-state index in [2.05, 4.69) is 58.7 Å². The summed E-state index contributed by atoms with van der Waals surface area (Å²) in [6.45, 7) is 4.21. The van der Waals surface area contributed by atoms with Crippen LogP contribution in [0.5, 0.6) is 0 Å². The predicted octanol–water partition coefficient (Wildman–Crippen LogP) is 3.00. The van der Waals surface area contributed by atoms with Crippen molar-refractivity contribution in [2.45, 2.75) is 19.9 Å². The number of nitrogens with one attached hydrogen (secondary N) is 2. The van der Waals surface area contributed by atoms with Gasteiger partial charge in [-0.1, -0.05) is 29.8 Å². The van der Waals surface area contributed by atoms with Gasteiger partial charge in [-0.15, -0.1) is 0 Å². The van der Waals surface area contributed by atoms with Crippen molar-refractivity contribution in [3.63, 3.8) is 0 Å². The normalized spacial score (nSPS) is 11.9. The monoisotopic (exact) mass is 242 g/mol. The Morgan fingerprint density at radius 2 is 1.83 bits per heavy atom. The van der Waals surface area contributed by atoms with E-state index in [4.69, 9.17) is 0 Å². The van der Waals surface area contributed by atoms with Crippen LogP contribution in [-0.2, 0) is 0 Å². The second kappa shape index (κ2) is 5.49. The van der Waals surface area contributed by atoms with Crippen LogP contribution in [0.3, 0.4) is 0 Å². The zero-order valence-electron chi connectivity index (χ0n) is 10.9. The number of hydrogen-bond acceptors (Lipinski definition) is 4. The number of aromatic nitrogens is 2. The molecule has 0 spiro atoms. The average molecular weight is 242 g/mol. The van der Waals surface area contributed by atoms with E-state index < -0.39 is 0 Å². The van der Waals surface area contributed by atoms with Gasteiger partial charge < -0.3 is 10.6 Å². The molecule has 0 saturated carbocycles. The van der Waals surface area contributed by atoms with Gasteiger partial charge in [-0.2, -0.15) is 4.98 Å². The Bertz CT molecular complexity index is 507. The molecule has 1 atom stereocenters. The number of aryl methyl sites for hydroxylation is 1. The minimum atomic E-state index is 0.213. The molecule has 18 heavy (non-hydrogen) atoms. The molecule has 0 saturated heterocycles. The second-order valence-corrected chi connectivity index (χ2v) is 4.29.